The van der Waals surface area contributed by atoms with Crippen LogP contribution in [0.1, 0.15) is 212 Å². The minimum absolute atomic E-state index is 0.199. The van der Waals surface area contributed by atoms with E-state index in [0.717, 1.165) is 51.6 Å². The number of hydrogen-bond donors (Lipinski definition) is 0. The van der Waals surface area contributed by atoms with E-state index in [1.807, 2.05) is 5.57 Å². The van der Waals surface area contributed by atoms with Crippen LogP contribution in [-0.4, -0.2) is 18.8 Å². The van der Waals surface area contributed by atoms with Gasteiger partial charge in [-0.15, -0.1) is 6.58 Å². The maximum Gasteiger partial charge on any atom is 0.0575 e. The second-order valence-electron chi connectivity index (χ2n) is 29.2. The number of fused-ring (bicyclic) bond motifs is 5. The average molecular weight is 1130 g/mol. The van der Waals surface area contributed by atoms with Gasteiger partial charge in [0.1, 0.15) is 0 Å². The minimum Gasteiger partial charge on any atom is -0.378 e. The molecule has 8 unspecified atom stereocenters. The number of nitrogens with zero attached hydrogens (tertiary/aromatic N) is 2. The van der Waals surface area contributed by atoms with E-state index in [4.69, 9.17) is 4.74 Å². The van der Waals surface area contributed by atoms with Crippen LogP contribution < -0.4 is 9.80 Å². The number of anilines is 2. The van der Waals surface area contributed by atoms with Crippen LogP contribution in [0, 0.1) is 46.3 Å². The summed E-state index contributed by atoms with van der Waals surface area (Å²) in [5.41, 5.74) is 23.7. The average Bonchev–Trinajstić information content (AvgIpc) is 1.72. The van der Waals surface area contributed by atoms with Gasteiger partial charge in [-0.2, -0.15) is 0 Å². The van der Waals surface area contributed by atoms with Crippen LogP contribution in [0.5, 0.6) is 0 Å². The topological polar surface area (TPSA) is 15.7 Å². The van der Waals surface area contributed by atoms with Crippen LogP contribution in [0.15, 0.2) is 209 Å². The fraction of sp³-hybridized carbons (Fsp3) is 0.512. The van der Waals surface area contributed by atoms with Crippen molar-refractivity contribution in [1.82, 2.24) is 0 Å². The van der Waals surface area contributed by atoms with Crippen LogP contribution in [-0.2, 0) is 4.74 Å². The predicted octanol–water partition coefficient (Wildman–Crippen LogP) is 22.3. The Hall–Kier alpha value is -5.64. The maximum atomic E-state index is 6.59. The van der Waals surface area contributed by atoms with Gasteiger partial charge in [-0.3, -0.25) is 0 Å². The van der Waals surface area contributed by atoms with E-state index in [9.17, 15) is 0 Å². The van der Waals surface area contributed by atoms with E-state index in [0.29, 0.717) is 53.6 Å². The number of ether oxygens (including phenoxy) is 1. The van der Waals surface area contributed by atoms with Crippen molar-refractivity contribution in [2.45, 2.75) is 213 Å². The molecule has 11 aliphatic rings. The molecule has 1 saturated carbocycles. The molecule has 446 valence electrons. The second kappa shape index (κ2) is 25.6. The van der Waals surface area contributed by atoms with E-state index in [1.54, 1.807) is 33.4 Å². The minimum atomic E-state index is 0.199. The molecule has 1 aliphatic heterocycles. The Bertz CT molecular complexity index is 3220. The summed E-state index contributed by atoms with van der Waals surface area (Å²) in [6.07, 6.45) is 69.2. The van der Waals surface area contributed by atoms with Crippen molar-refractivity contribution in [3.63, 3.8) is 0 Å². The van der Waals surface area contributed by atoms with Gasteiger partial charge in [-0.05, 0) is 259 Å². The molecule has 8 atom stereocenters. The van der Waals surface area contributed by atoms with Crippen molar-refractivity contribution >= 4 is 16.9 Å². The number of allylic oxidation sites excluding steroid dienone is 25. The van der Waals surface area contributed by atoms with Crippen molar-refractivity contribution in [2.24, 2.45) is 46.3 Å². The van der Waals surface area contributed by atoms with Gasteiger partial charge >= 0.3 is 0 Å². The molecule has 0 bridgehead atoms. The van der Waals surface area contributed by atoms with Crippen molar-refractivity contribution < 1.29 is 4.74 Å². The second-order valence-corrected chi connectivity index (χ2v) is 29.2. The highest BCUT2D eigenvalue weighted by molar-refractivity contribution is 5.76. The van der Waals surface area contributed by atoms with Gasteiger partial charge in [-0.25, -0.2) is 0 Å². The molecular formula is C82H102N2O. The lowest BCUT2D eigenvalue weighted by atomic mass is 9.57. The Morgan fingerprint density at radius 1 is 0.729 bits per heavy atom. The molecule has 0 amide bonds. The molecule has 13 rings (SSSR count). The zero-order valence-electron chi connectivity index (χ0n) is 52.8. The summed E-state index contributed by atoms with van der Waals surface area (Å²) < 4.78 is 6.59. The molecule has 0 spiro atoms. The molecule has 1 heterocycles. The van der Waals surface area contributed by atoms with Crippen molar-refractivity contribution in [3.05, 3.63) is 220 Å². The summed E-state index contributed by atoms with van der Waals surface area (Å²) in [4.78, 5) is 5.59. The first-order chi connectivity index (χ1) is 41.6. The summed E-state index contributed by atoms with van der Waals surface area (Å²) in [5, 5.41) is 0. The lowest BCUT2D eigenvalue weighted by molar-refractivity contribution is 0.00367. The first kappa shape index (κ1) is 58.4. The zero-order valence-corrected chi connectivity index (χ0v) is 52.8. The molecule has 0 radical (unpaired) electrons. The highest BCUT2D eigenvalue weighted by Crippen LogP contribution is 2.65. The third-order valence-corrected chi connectivity index (χ3v) is 23.3. The van der Waals surface area contributed by atoms with E-state index >= 15 is 0 Å². The first-order valence-electron chi connectivity index (χ1n) is 34.6. The monoisotopic (exact) mass is 1130 g/mol. The van der Waals surface area contributed by atoms with Gasteiger partial charge in [0.05, 0.1) is 6.10 Å². The Morgan fingerprint density at radius 2 is 1.58 bits per heavy atom. The van der Waals surface area contributed by atoms with E-state index in [2.05, 4.69) is 190 Å². The predicted molar refractivity (Wildman–Crippen MR) is 361 cm³/mol. The molecule has 0 aromatic heterocycles. The summed E-state index contributed by atoms with van der Waals surface area (Å²) in [7, 11) is 0. The van der Waals surface area contributed by atoms with Crippen LogP contribution >= 0.6 is 0 Å². The van der Waals surface area contributed by atoms with Gasteiger partial charge in [0.2, 0.25) is 0 Å². The SMILES string of the molecule is C=CC1=CCC(C2=CC=C(N3c4ccc(C5=CC=C(C(C)(C)C)CC5)cc4C4C=C(C5CC=C(N(C6=CC=C7C8=C(CCC=C8)C(CCCCC(C)COC8CCC(C=C)CC8)(C8CC=CCC8)C7C6)c6ccccc6)CC5)CCC43)CC2)CC1. The number of benzene rings is 2. The molecule has 1 fully saturated rings. The molecule has 2 aromatic rings. The Labute approximate surface area is 514 Å². The number of hydrogen-bond acceptors (Lipinski definition) is 3. The Balaban J connectivity index is 0.757. The first-order valence-corrected chi connectivity index (χ1v) is 34.6. The lowest BCUT2D eigenvalue weighted by Gasteiger charge is -2.48. The Morgan fingerprint density at radius 3 is 2.31 bits per heavy atom. The maximum absolute atomic E-state index is 6.59. The molecule has 3 nitrogen and oxygen atoms in total. The third kappa shape index (κ3) is 12.0. The van der Waals surface area contributed by atoms with Crippen molar-refractivity contribution in [3.8, 4) is 0 Å². The Kier molecular flexibility index (Phi) is 17.6. The smallest absolute Gasteiger partial charge is 0.0575 e. The highest BCUT2D eigenvalue weighted by Gasteiger charge is 2.55. The van der Waals surface area contributed by atoms with Gasteiger partial charge in [0.15, 0.2) is 0 Å². The van der Waals surface area contributed by atoms with E-state index < -0.39 is 0 Å². The summed E-state index contributed by atoms with van der Waals surface area (Å²) in [6, 6.07) is 19.6. The van der Waals surface area contributed by atoms with E-state index in [1.165, 1.54) is 167 Å². The van der Waals surface area contributed by atoms with Crippen LogP contribution in [0.4, 0.5) is 11.4 Å². The zero-order chi connectivity index (χ0) is 58.1. The molecule has 10 aliphatic carbocycles. The van der Waals surface area contributed by atoms with Crippen LogP contribution in [0.2, 0.25) is 0 Å². The molecule has 0 N–H and O–H groups in total. The quantitative estimate of drug-likeness (QED) is 0.109. The fourth-order valence-electron chi connectivity index (χ4n) is 18.5. The molecule has 85 heavy (non-hydrogen) atoms. The standard InChI is InChI=1S/C82H102N2O/c1-7-58-26-30-60(31-27-58)61-34-44-70(45-35-61)84-79-50-38-64(62-32-40-66(41-33-62)81(4,5)6)53-75(79)76-54-65(39-51-80(76)84)63-36-42-69(43-37-63)83(68-22-13-10-14-23-68)71-46-49-74-73-24-15-16-25-77(73)82(78(74)55-71,67-20-11-9-12-21-67)52-18-17-19-57(3)56-85-72-47-28-59(8-2)29-48-72/h7-11,13-15,22-24,26,32,34,38,40,42,44,46,49-50,53-54,57,59-60,63,67,72,76,78,80H,1-2,12,16-21,25,27-31,33,35-37,39,41,43,45,47-48,51-52,55-56H2,3-6H3. The fourth-order valence-corrected chi connectivity index (χ4v) is 18.5. The third-order valence-electron chi connectivity index (χ3n) is 23.3. The number of unbranched alkanes of at least 4 members (excludes halogenated alkanes) is 1. The van der Waals surface area contributed by atoms with Crippen molar-refractivity contribution in [2.75, 3.05) is 16.4 Å². The van der Waals surface area contributed by atoms with Gasteiger partial charge in [-0.1, -0.05) is 178 Å². The van der Waals surface area contributed by atoms with Gasteiger partial charge < -0.3 is 14.5 Å². The van der Waals surface area contributed by atoms with Gasteiger partial charge in [0.25, 0.3) is 0 Å². The van der Waals surface area contributed by atoms with E-state index in [-0.39, 0.29) is 10.8 Å². The largest absolute Gasteiger partial charge is 0.378 e. The van der Waals surface area contributed by atoms with Crippen molar-refractivity contribution in [1.29, 1.82) is 0 Å². The molecule has 3 heteroatoms. The summed E-state index contributed by atoms with van der Waals surface area (Å²) in [5.74, 6) is 4.15. The molecular weight excluding hydrogens is 1030 g/mol. The van der Waals surface area contributed by atoms with Gasteiger partial charge in [0, 0.05) is 52.4 Å². The number of rotatable bonds is 18. The summed E-state index contributed by atoms with van der Waals surface area (Å²) in [6.45, 7) is 18.6. The molecule has 0 saturated heterocycles. The summed E-state index contributed by atoms with van der Waals surface area (Å²) >= 11 is 0. The molecule has 2 aromatic carbocycles. The van der Waals surface area contributed by atoms with Crippen LogP contribution in [0.3, 0.4) is 0 Å². The highest BCUT2D eigenvalue weighted by atomic mass is 16.5. The number of para-hydroxylation sites is 1. The van der Waals surface area contributed by atoms with Crippen LogP contribution in [0.25, 0.3) is 5.57 Å². The lowest BCUT2D eigenvalue weighted by Crippen LogP contribution is -2.40. The normalized spacial score (nSPS) is 30.4.